The monoisotopic (exact) mass is 284 g/mol. The second-order valence-corrected chi connectivity index (χ2v) is 4.52. The number of benzene rings is 2. The van der Waals surface area contributed by atoms with E-state index in [1.165, 1.54) is 6.92 Å². The number of nitrogens with one attached hydrogen (secondary N) is 2. The third-order valence-corrected chi connectivity index (χ3v) is 2.84. The molecule has 0 heterocycles. The van der Waals surface area contributed by atoms with E-state index in [9.17, 15) is 9.59 Å². The molecule has 2 aromatic carbocycles. The summed E-state index contributed by atoms with van der Waals surface area (Å²) in [6.45, 7) is 1.44. The summed E-state index contributed by atoms with van der Waals surface area (Å²) in [5.41, 5.74) is 13.8. The van der Waals surface area contributed by atoms with Gasteiger partial charge in [-0.15, -0.1) is 0 Å². The number of hydrogen-bond donors (Lipinski definition) is 4. The highest BCUT2D eigenvalue weighted by Crippen LogP contribution is 2.27. The van der Waals surface area contributed by atoms with Gasteiger partial charge in [0, 0.05) is 18.3 Å². The van der Waals surface area contributed by atoms with E-state index in [1.807, 2.05) is 0 Å². The van der Waals surface area contributed by atoms with E-state index >= 15 is 0 Å². The van der Waals surface area contributed by atoms with E-state index < -0.39 is 5.91 Å². The smallest absolute Gasteiger partial charge is 0.250 e. The Labute approximate surface area is 122 Å². The topological polar surface area (TPSA) is 110 Å². The molecule has 2 aromatic rings. The molecule has 21 heavy (non-hydrogen) atoms. The predicted octanol–water partition coefficient (Wildman–Crippen LogP) is 2.07. The van der Waals surface area contributed by atoms with Crippen LogP contribution in [0.5, 0.6) is 0 Å². The van der Waals surface area contributed by atoms with Gasteiger partial charge in [0.15, 0.2) is 0 Å². The Kier molecular flexibility index (Phi) is 4.08. The summed E-state index contributed by atoms with van der Waals surface area (Å²) >= 11 is 0. The number of nitrogens with two attached hydrogens (primary N) is 2. The molecule has 0 aromatic heterocycles. The molecular formula is C15H16N4O2. The van der Waals surface area contributed by atoms with Crippen LogP contribution in [-0.2, 0) is 4.79 Å². The zero-order valence-corrected chi connectivity index (χ0v) is 11.5. The third-order valence-electron chi connectivity index (χ3n) is 2.84. The van der Waals surface area contributed by atoms with Crippen LogP contribution in [0.1, 0.15) is 17.3 Å². The van der Waals surface area contributed by atoms with Gasteiger partial charge < -0.3 is 22.1 Å². The maximum Gasteiger partial charge on any atom is 0.250 e. The van der Waals surface area contributed by atoms with Crippen LogP contribution in [0, 0.1) is 0 Å². The molecule has 0 bridgehead atoms. The Morgan fingerprint density at radius 3 is 2.19 bits per heavy atom. The number of rotatable bonds is 4. The van der Waals surface area contributed by atoms with Gasteiger partial charge in [-0.2, -0.15) is 0 Å². The lowest BCUT2D eigenvalue weighted by Gasteiger charge is -2.13. The van der Waals surface area contributed by atoms with Gasteiger partial charge >= 0.3 is 0 Å². The van der Waals surface area contributed by atoms with Crippen LogP contribution in [0.25, 0.3) is 0 Å². The maximum absolute atomic E-state index is 11.4. The van der Waals surface area contributed by atoms with Gasteiger partial charge in [-0.25, -0.2) is 0 Å². The Morgan fingerprint density at radius 1 is 1.00 bits per heavy atom. The van der Waals surface area contributed by atoms with E-state index in [1.54, 1.807) is 42.5 Å². The summed E-state index contributed by atoms with van der Waals surface area (Å²) in [5, 5.41) is 5.74. The Hall–Kier alpha value is -3.02. The van der Waals surface area contributed by atoms with Crippen LogP contribution >= 0.6 is 0 Å². The van der Waals surface area contributed by atoms with Crippen molar-refractivity contribution >= 4 is 34.6 Å². The van der Waals surface area contributed by atoms with E-state index in [0.717, 1.165) is 5.69 Å². The zero-order valence-electron chi connectivity index (χ0n) is 11.5. The first-order valence-electron chi connectivity index (χ1n) is 6.30. The lowest BCUT2D eigenvalue weighted by atomic mass is 10.1. The van der Waals surface area contributed by atoms with E-state index in [0.29, 0.717) is 22.6 Å². The lowest BCUT2D eigenvalue weighted by Crippen LogP contribution is -2.14. The van der Waals surface area contributed by atoms with Crippen molar-refractivity contribution in [1.82, 2.24) is 0 Å². The molecule has 0 spiro atoms. The second-order valence-electron chi connectivity index (χ2n) is 4.52. The molecule has 6 N–H and O–H groups in total. The highest BCUT2D eigenvalue weighted by Gasteiger charge is 2.11. The van der Waals surface area contributed by atoms with Crippen molar-refractivity contribution < 1.29 is 9.59 Å². The van der Waals surface area contributed by atoms with Gasteiger partial charge in [0.1, 0.15) is 0 Å². The molecule has 6 heteroatoms. The van der Waals surface area contributed by atoms with Gasteiger partial charge in [0.05, 0.1) is 16.9 Å². The number of nitrogen functional groups attached to an aromatic ring is 1. The summed E-state index contributed by atoms with van der Waals surface area (Å²) in [7, 11) is 0. The van der Waals surface area contributed by atoms with Crippen LogP contribution in [0.3, 0.4) is 0 Å². The Bertz CT molecular complexity index is 681. The standard InChI is InChI=1S/C15H16N4O2/c1-9(20)18-10-5-7-11(8-6-10)19-14-12(15(17)21)3-2-4-13(14)16/h2-8,19H,16H2,1H3,(H2,17,21)(H,18,20). The van der Waals surface area contributed by atoms with Crippen molar-refractivity contribution in [3.63, 3.8) is 0 Å². The van der Waals surface area contributed by atoms with Gasteiger partial charge in [0.25, 0.3) is 5.91 Å². The van der Waals surface area contributed by atoms with E-state index in [4.69, 9.17) is 11.5 Å². The minimum atomic E-state index is -0.556. The first-order chi connectivity index (χ1) is 9.97. The summed E-state index contributed by atoms with van der Waals surface area (Å²) in [4.78, 5) is 22.4. The van der Waals surface area contributed by atoms with Crippen molar-refractivity contribution in [2.75, 3.05) is 16.4 Å². The largest absolute Gasteiger partial charge is 0.397 e. The van der Waals surface area contributed by atoms with Crippen molar-refractivity contribution in [1.29, 1.82) is 0 Å². The van der Waals surface area contributed by atoms with Gasteiger partial charge in [0.2, 0.25) is 5.91 Å². The number of amides is 2. The number of para-hydroxylation sites is 1. The van der Waals surface area contributed by atoms with Crippen molar-refractivity contribution in [2.24, 2.45) is 5.73 Å². The molecule has 2 amide bonds. The number of carbonyl (C=O) groups is 2. The van der Waals surface area contributed by atoms with Crippen LogP contribution in [0.2, 0.25) is 0 Å². The minimum Gasteiger partial charge on any atom is -0.397 e. The van der Waals surface area contributed by atoms with Crippen LogP contribution in [0.15, 0.2) is 42.5 Å². The fourth-order valence-electron chi connectivity index (χ4n) is 1.90. The van der Waals surface area contributed by atoms with E-state index in [2.05, 4.69) is 10.6 Å². The molecule has 2 rings (SSSR count). The molecule has 108 valence electrons. The molecule has 0 fully saturated rings. The quantitative estimate of drug-likeness (QED) is 0.644. The number of hydrogen-bond acceptors (Lipinski definition) is 4. The minimum absolute atomic E-state index is 0.140. The molecule has 0 saturated heterocycles. The number of anilines is 4. The lowest BCUT2D eigenvalue weighted by molar-refractivity contribution is -0.114. The molecular weight excluding hydrogens is 268 g/mol. The summed E-state index contributed by atoms with van der Waals surface area (Å²) in [6, 6.07) is 12.0. The summed E-state index contributed by atoms with van der Waals surface area (Å²) in [5.74, 6) is -0.696. The van der Waals surface area contributed by atoms with Crippen LogP contribution in [0.4, 0.5) is 22.7 Å². The van der Waals surface area contributed by atoms with Crippen molar-refractivity contribution in [3.8, 4) is 0 Å². The average Bonchev–Trinajstić information content (AvgIpc) is 2.42. The fourth-order valence-corrected chi connectivity index (χ4v) is 1.90. The molecule has 0 aliphatic heterocycles. The Balaban J connectivity index is 2.26. The molecule has 0 aliphatic carbocycles. The van der Waals surface area contributed by atoms with Gasteiger partial charge in [-0.1, -0.05) is 6.07 Å². The van der Waals surface area contributed by atoms with Crippen molar-refractivity contribution in [3.05, 3.63) is 48.0 Å². The normalized spacial score (nSPS) is 9.95. The molecule has 0 atom stereocenters. The highest BCUT2D eigenvalue weighted by atomic mass is 16.1. The Morgan fingerprint density at radius 2 is 1.62 bits per heavy atom. The SMILES string of the molecule is CC(=O)Nc1ccc(Nc2c(N)cccc2C(N)=O)cc1. The molecule has 0 radical (unpaired) electrons. The number of primary amides is 1. The number of carbonyl (C=O) groups excluding carboxylic acids is 2. The average molecular weight is 284 g/mol. The fraction of sp³-hybridized carbons (Fsp3) is 0.0667. The molecule has 6 nitrogen and oxygen atoms in total. The zero-order chi connectivity index (χ0) is 15.4. The van der Waals surface area contributed by atoms with Gasteiger partial charge in [-0.05, 0) is 36.4 Å². The third kappa shape index (κ3) is 3.50. The van der Waals surface area contributed by atoms with Gasteiger partial charge in [-0.3, -0.25) is 9.59 Å². The molecule has 0 saturated carbocycles. The second kappa shape index (κ2) is 5.96. The summed E-state index contributed by atoms with van der Waals surface area (Å²) in [6.07, 6.45) is 0. The van der Waals surface area contributed by atoms with E-state index in [-0.39, 0.29) is 5.91 Å². The van der Waals surface area contributed by atoms with Crippen LogP contribution in [-0.4, -0.2) is 11.8 Å². The highest BCUT2D eigenvalue weighted by molar-refractivity contribution is 6.02. The maximum atomic E-state index is 11.4. The van der Waals surface area contributed by atoms with Crippen molar-refractivity contribution in [2.45, 2.75) is 6.92 Å². The summed E-state index contributed by atoms with van der Waals surface area (Å²) < 4.78 is 0. The predicted molar refractivity (Wildman–Crippen MR) is 83.4 cm³/mol. The first-order valence-corrected chi connectivity index (χ1v) is 6.30. The van der Waals surface area contributed by atoms with Crippen LogP contribution < -0.4 is 22.1 Å². The molecule has 0 aliphatic rings. The molecule has 0 unspecified atom stereocenters. The first kappa shape index (κ1) is 14.4.